The van der Waals surface area contributed by atoms with E-state index in [1.165, 1.54) is 0 Å². The third-order valence-corrected chi connectivity index (χ3v) is 5.30. The lowest BCUT2D eigenvalue weighted by atomic mass is 10.1. The van der Waals surface area contributed by atoms with Crippen LogP contribution >= 0.6 is 0 Å². The van der Waals surface area contributed by atoms with Crippen molar-refractivity contribution in [3.8, 4) is 28.6 Å². The molecule has 3 aromatic rings. The molecule has 1 atom stereocenters. The summed E-state index contributed by atoms with van der Waals surface area (Å²) >= 11 is 0. The number of ether oxygens (including phenoxy) is 3. The van der Waals surface area contributed by atoms with E-state index in [4.69, 9.17) is 18.7 Å². The summed E-state index contributed by atoms with van der Waals surface area (Å²) in [5.41, 5.74) is 1.28. The maximum absolute atomic E-state index is 13.3. The summed E-state index contributed by atoms with van der Waals surface area (Å²) in [7, 11) is 3.16. The van der Waals surface area contributed by atoms with Crippen LogP contribution in [-0.2, 0) is 0 Å². The second-order valence-corrected chi connectivity index (χ2v) is 7.11. The van der Waals surface area contributed by atoms with Gasteiger partial charge in [-0.25, -0.2) is 0 Å². The van der Waals surface area contributed by atoms with Gasteiger partial charge in [-0.2, -0.15) is 4.98 Å². The molecule has 1 saturated heterocycles. The highest BCUT2D eigenvalue weighted by Crippen LogP contribution is 2.36. The molecule has 0 bridgehead atoms. The topological polar surface area (TPSA) is 86.9 Å². The Bertz CT molecular complexity index is 1060. The van der Waals surface area contributed by atoms with Gasteiger partial charge in [-0.1, -0.05) is 17.3 Å². The van der Waals surface area contributed by atoms with Crippen LogP contribution in [0.25, 0.3) is 11.4 Å². The first-order valence-electron chi connectivity index (χ1n) is 10.2. The van der Waals surface area contributed by atoms with Crippen LogP contribution in [-0.4, -0.2) is 48.3 Å². The summed E-state index contributed by atoms with van der Waals surface area (Å²) in [6.45, 7) is 3.01. The van der Waals surface area contributed by atoms with E-state index in [9.17, 15) is 4.79 Å². The first-order chi connectivity index (χ1) is 15.2. The van der Waals surface area contributed by atoms with Crippen LogP contribution in [0.15, 0.2) is 47.0 Å². The van der Waals surface area contributed by atoms with Crippen LogP contribution in [0.3, 0.4) is 0 Å². The molecule has 8 heteroatoms. The lowest BCUT2D eigenvalue weighted by Crippen LogP contribution is -2.31. The van der Waals surface area contributed by atoms with Gasteiger partial charge in [-0.05, 0) is 50.1 Å². The predicted octanol–water partition coefficient (Wildman–Crippen LogP) is 4.13. The van der Waals surface area contributed by atoms with Crippen molar-refractivity contribution in [1.82, 2.24) is 15.0 Å². The highest BCUT2D eigenvalue weighted by Gasteiger charge is 2.35. The van der Waals surface area contributed by atoms with Crippen molar-refractivity contribution in [2.75, 3.05) is 27.4 Å². The van der Waals surface area contributed by atoms with Crippen molar-refractivity contribution < 1.29 is 23.5 Å². The van der Waals surface area contributed by atoms with Crippen LogP contribution < -0.4 is 14.2 Å². The Balaban J connectivity index is 1.59. The monoisotopic (exact) mass is 423 g/mol. The Kier molecular flexibility index (Phi) is 6.06. The van der Waals surface area contributed by atoms with Crippen molar-refractivity contribution in [3.63, 3.8) is 0 Å². The second kappa shape index (κ2) is 9.07. The second-order valence-electron chi connectivity index (χ2n) is 7.11. The molecule has 31 heavy (non-hydrogen) atoms. The quantitative estimate of drug-likeness (QED) is 0.565. The van der Waals surface area contributed by atoms with E-state index in [0.717, 1.165) is 18.4 Å². The minimum absolute atomic E-state index is 0.0996. The summed E-state index contributed by atoms with van der Waals surface area (Å²) < 4.78 is 21.8. The molecule has 0 spiro atoms. The molecule has 2 aromatic carbocycles. The number of hydrogen-bond donors (Lipinski definition) is 0. The van der Waals surface area contributed by atoms with Gasteiger partial charge in [0.25, 0.3) is 5.91 Å². The maximum Gasteiger partial charge on any atom is 0.258 e. The molecular weight excluding hydrogens is 398 g/mol. The highest BCUT2D eigenvalue weighted by atomic mass is 16.5. The molecule has 0 N–H and O–H groups in total. The van der Waals surface area contributed by atoms with Gasteiger partial charge in [0.1, 0.15) is 11.8 Å². The van der Waals surface area contributed by atoms with E-state index < -0.39 is 0 Å². The molecule has 8 nitrogen and oxygen atoms in total. The number of carbonyl (C=O) groups is 1. The number of para-hydroxylation sites is 1. The predicted molar refractivity (Wildman–Crippen MR) is 113 cm³/mol. The zero-order valence-corrected chi connectivity index (χ0v) is 17.8. The average Bonchev–Trinajstić information content (AvgIpc) is 3.48. The number of nitrogens with zero attached hydrogens (tertiary/aromatic N) is 3. The maximum atomic E-state index is 13.3. The fraction of sp³-hybridized carbons (Fsp3) is 0.348. The third kappa shape index (κ3) is 4.05. The largest absolute Gasteiger partial charge is 0.493 e. The Labute approximate surface area is 180 Å². The Morgan fingerprint density at radius 1 is 1.13 bits per heavy atom. The number of amides is 1. The van der Waals surface area contributed by atoms with E-state index in [2.05, 4.69) is 10.1 Å². The van der Waals surface area contributed by atoms with E-state index in [1.54, 1.807) is 37.3 Å². The van der Waals surface area contributed by atoms with E-state index in [1.807, 2.05) is 31.2 Å². The van der Waals surface area contributed by atoms with Crippen molar-refractivity contribution in [1.29, 1.82) is 0 Å². The molecule has 1 aliphatic heterocycles. The van der Waals surface area contributed by atoms with Crippen LogP contribution in [0.5, 0.6) is 17.2 Å². The molecule has 0 radical (unpaired) electrons. The van der Waals surface area contributed by atoms with Gasteiger partial charge in [0, 0.05) is 12.1 Å². The number of benzene rings is 2. The van der Waals surface area contributed by atoms with E-state index >= 15 is 0 Å². The normalized spacial score (nSPS) is 15.7. The van der Waals surface area contributed by atoms with Crippen LogP contribution in [0.2, 0.25) is 0 Å². The molecule has 4 rings (SSSR count). The number of rotatable bonds is 7. The highest BCUT2D eigenvalue weighted by molar-refractivity contribution is 5.97. The van der Waals surface area contributed by atoms with Crippen LogP contribution in [0, 0.1) is 0 Å². The van der Waals surface area contributed by atoms with Crippen molar-refractivity contribution in [2.24, 2.45) is 0 Å². The van der Waals surface area contributed by atoms with Gasteiger partial charge in [0.05, 0.1) is 26.4 Å². The number of hydrogen-bond acceptors (Lipinski definition) is 7. The Morgan fingerprint density at radius 2 is 1.94 bits per heavy atom. The first kappa shape index (κ1) is 20.7. The average molecular weight is 423 g/mol. The zero-order valence-electron chi connectivity index (χ0n) is 17.8. The summed E-state index contributed by atoms with van der Waals surface area (Å²) in [5.74, 6) is 2.54. The van der Waals surface area contributed by atoms with Gasteiger partial charge >= 0.3 is 0 Å². The summed E-state index contributed by atoms with van der Waals surface area (Å²) in [6.07, 6.45) is 1.62. The Hall–Kier alpha value is -3.55. The summed E-state index contributed by atoms with van der Waals surface area (Å²) in [4.78, 5) is 19.6. The lowest BCUT2D eigenvalue weighted by Gasteiger charge is -2.23. The molecule has 1 fully saturated rings. The third-order valence-electron chi connectivity index (χ3n) is 5.30. The molecule has 1 aliphatic rings. The molecule has 1 amide bonds. The fourth-order valence-corrected chi connectivity index (χ4v) is 3.81. The van der Waals surface area contributed by atoms with Crippen LogP contribution in [0.4, 0.5) is 0 Å². The Morgan fingerprint density at radius 3 is 2.71 bits per heavy atom. The van der Waals surface area contributed by atoms with Crippen molar-refractivity contribution >= 4 is 5.91 Å². The summed E-state index contributed by atoms with van der Waals surface area (Å²) in [5, 5.41) is 4.13. The van der Waals surface area contributed by atoms with Gasteiger partial charge in [0.2, 0.25) is 11.7 Å². The van der Waals surface area contributed by atoms with Crippen molar-refractivity contribution in [2.45, 2.75) is 25.8 Å². The number of aromatic nitrogens is 2. The van der Waals surface area contributed by atoms with Gasteiger partial charge < -0.3 is 23.6 Å². The number of methoxy groups -OCH3 is 2. The molecule has 0 saturated carbocycles. The fourth-order valence-electron chi connectivity index (χ4n) is 3.81. The molecule has 0 unspecified atom stereocenters. The molecule has 0 aliphatic carbocycles. The lowest BCUT2D eigenvalue weighted by molar-refractivity contribution is 0.0706. The van der Waals surface area contributed by atoms with Gasteiger partial charge in [-0.15, -0.1) is 0 Å². The molecular formula is C23H25N3O5. The van der Waals surface area contributed by atoms with Crippen molar-refractivity contribution in [3.05, 3.63) is 53.9 Å². The first-order valence-corrected chi connectivity index (χ1v) is 10.2. The minimum Gasteiger partial charge on any atom is -0.493 e. The van der Waals surface area contributed by atoms with Gasteiger partial charge in [0.15, 0.2) is 11.5 Å². The van der Waals surface area contributed by atoms with E-state index in [-0.39, 0.29) is 11.9 Å². The molecule has 1 aromatic heterocycles. The number of carbonyl (C=O) groups excluding carboxylic acids is 1. The van der Waals surface area contributed by atoms with Gasteiger partial charge in [-0.3, -0.25) is 4.79 Å². The van der Waals surface area contributed by atoms with E-state index in [0.29, 0.717) is 47.7 Å². The molecule has 162 valence electrons. The SMILES string of the molecule is CCOc1ccccc1C(=O)N1CCC[C@@H]1c1nc(-c2ccc(OC)c(OC)c2)no1. The summed E-state index contributed by atoms with van der Waals surface area (Å²) in [6, 6.07) is 12.4. The smallest absolute Gasteiger partial charge is 0.258 e. The number of likely N-dealkylation sites (tertiary alicyclic amines) is 1. The standard InChI is InChI=1S/C23H25N3O5/c1-4-30-18-10-6-5-8-16(18)23(27)26-13-7-9-17(26)22-24-21(25-31-22)15-11-12-19(28-2)20(14-15)29-3/h5-6,8,10-12,14,17H,4,7,9,13H2,1-3H3/t17-/m1/s1. The van der Waals surface area contributed by atoms with Crippen LogP contribution in [0.1, 0.15) is 42.1 Å². The zero-order chi connectivity index (χ0) is 21.8. The molecule has 2 heterocycles. The minimum atomic E-state index is -0.274.